The largest absolute Gasteiger partial charge is 0.508 e. The number of carboxylic acid groups (broad SMARTS) is 1. The van der Waals surface area contributed by atoms with E-state index in [9.17, 15) is 44.7 Å². The van der Waals surface area contributed by atoms with E-state index in [4.69, 9.17) is 5.73 Å². The first-order valence-electron chi connectivity index (χ1n) is 13.6. The standard InChI is InChI=1S/C32H28N2O9/c1-34(2)25-20-12-13-11-19-17(16-7-8-18(31(41)42)15-6-4-3-5-14(15)16)9-10-21(35)23(19)26(36)22(13)28(38)32(20,43)29(39)24(27(25)37)30(33)40/h3-10,13,20,25,35-36,39,43H,11-12H2,1-2H3,(H2,33,40)(H,41,42)/t13-,20-,25-,32-/m1/s1. The van der Waals surface area contributed by atoms with E-state index < -0.39 is 64.0 Å². The third-order valence-corrected chi connectivity index (χ3v) is 9.05. The van der Waals surface area contributed by atoms with E-state index in [1.54, 1.807) is 36.4 Å². The maximum Gasteiger partial charge on any atom is 0.336 e. The molecule has 3 aliphatic rings. The Kier molecular flexibility index (Phi) is 6.22. The Balaban J connectivity index is 1.59. The Bertz CT molecular complexity index is 1870. The van der Waals surface area contributed by atoms with Crippen molar-refractivity contribution in [3.05, 3.63) is 82.1 Å². The molecule has 3 aliphatic carbocycles. The van der Waals surface area contributed by atoms with Crippen LogP contribution in [0, 0.1) is 11.8 Å². The number of aromatic carboxylic acids is 1. The van der Waals surface area contributed by atoms with Crippen LogP contribution in [0.15, 0.2) is 65.4 Å². The highest BCUT2D eigenvalue weighted by Crippen LogP contribution is 2.54. The van der Waals surface area contributed by atoms with Crippen molar-refractivity contribution in [3.63, 3.8) is 0 Å². The molecule has 11 heteroatoms. The number of carbonyl (C=O) groups excluding carboxylic acids is 3. The topological polar surface area (TPSA) is 199 Å². The Morgan fingerprint density at radius 1 is 0.953 bits per heavy atom. The van der Waals surface area contributed by atoms with Gasteiger partial charge >= 0.3 is 5.97 Å². The molecule has 1 fully saturated rings. The van der Waals surface area contributed by atoms with E-state index in [0.29, 0.717) is 27.5 Å². The molecular weight excluding hydrogens is 556 g/mol. The molecule has 0 heterocycles. The average Bonchev–Trinajstić information content (AvgIpc) is 2.94. The lowest BCUT2D eigenvalue weighted by Crippen LogP contribution is -2.65. The van der Waals surface area contributed by atoms with Gasteiger partial charge in [0.05, 0.1) is 17.2 Å². The van der Waals surface area contributed by atoms with Gasteiger partial charge in [-0.3, -0.25) is 19.3 Å². The van der Waals surface area contributed by atoms with Crippen LogP contribution in [0.2, 0.25) is 0 Å². The van der Waals surface area contributed by atoms with E-state index >= 15 is 0 Å². The fourth-order valence-corrected chi connectivity index (χ4v) is 7.22. The minimum atomic E-state index is -2.72. The number of aromatic hydroxyl groups is 1. The molecule has 220 valence electrons. The molecule has 4 atom stereocenters. The van der Waals surface area contributed by atoms with Gasteiger partial charge in [0.15, 0.2) is 11.4 Å². The lowest BCUT2D eigenvalue weighted by Gasteiger charge is -2.50. The predicted molar refractivity (Wildman–Crippen MR) is 154 cm³/mol. The number of phenols is 1. The number of benzene rings is 3. The molecule has 1 amide bonds. The normalized spacial score (nSPS) is 25.1. The third kappa shape index (κ3) is 3.75. The second kappa shape index (κ2) is 9.51. The van der Waals surface area contributed by atoms with Crippen LogP contribution in [-0.2, 0) is 20.8 Å². The number of primary amides is 1. The zero-order valence-corrected chi connectivity index (χ0v) is 23.2. The Morgan fingerprint density at radius 3 is 2.23 bits per heavy atom. The van der Waals surface area contributed by atoms with Gasteiger partial charge in [0.1, 0.15) is 22.8 Å². The van der Waals surface area contributed by atoms with Crippen LogP contribution in [0.5, 0.6) is 5.75 Å². The summed E-state index contributed by atoms with van der Waals surface area (Å²) in [4.78, 5) is 52.9. The first kappa shape index (κ1) is 28.1. The van der Waals surface area contributed by atoms with Crippen molar-refractivity contribution < 1.29 is 44.7 Å². The van der Waals surface area contributed by atoms with Crippen molar-refractivity contribution in [1.82, 2.24) is 4.90 Å². The van der Waals surface area contributed by atoms with Gasteiger partial charge in [0.2, 0.25) is 5.78 Å². The number of hydrogen-bond donors (Lipinski definition) is 6. The molecule has 1 saturated carbocycles. The van der Waals surface area contributed by atoms with Gasteiger partial charge in [-0.05, 0) is 72.5 Å². The van der Waals surface area contributed by atoms with E-state index in [1.165, 1.54) is 31.1 Å². The van der Waals surface area contributed by atoms with Crippen LogP contribution in [0.1, 0.15) is 27.9 Å². The number of Topliss-reactive ketones (excluding diaryl/α,β-unsaturated/α-hetero) is 2. The summed E-state index contributed by atoms with van der Waals surface area (Å²) in [6.07, 6.45) is 0.0623. The summed E-state index contributed by atoms with van der Waals surface area (Å²) in [5.41, 5.74) is 3.30. The number of carboxylic acids is 1. The van der Waals surface area contributed by atoms with Crippen molar-refractivity contribution in [3.8, 4) is 16.9 Å². The summed E-state index contributed by atoms with van der Waals surface area (Å²) >= 11 is 0. The highest BCUT2D eigenvalue weighted by atomic mass is 16.4. The monoisotopic (exact) mass is 584 g/mol. The smallest absolute Gasteiger partial charge is 0.336 e. The summed E-state index contributed by atoms with van der Waals surface area (Å²) in [6, 6.07) is 11.9. The second-order valence-electron chi connectivity index (χ2n) is 11.5. The molecule has 0 radical (unpaired) electrons. The van der Waals surface area contributed by atoms with Crippen LogP contribution in [0.25, 0.3) is 27.7 Å². The van der Waals surface area contributed by atoms with Gasteiger partial charge in [0, 0.05) is 11.5 Å². The number of hydrogen-bond acceptors (Lipinski definition) is 9. The summed E-state index contributed by atoms with van der Waals surface area (Å²) < 4.78 is 0. The van der Waals surface area contributed by atoms with Crippen molar-refractivity contribution in [1.29, 1.82) is 0 Å². The summed E-state index contributed by atoms with van der Waals surface area (Å²) in [5.74, 6) is -8.32. The van der Waals surface area contributed by atoms with E-state index in [1.807, 2.05) is 0 Å². The molecule has 0 spiro atoms. The SMILES string of the molecule is CN(C)[C@H]1C(=O)C(C(N)=O)=C(O)[C@]2(O)C(=O)C3=C(O)c4c(O)ccc(-c5ccc(C(=O)O)c6ccccc56)c4C[C@@H]3C[C@H]12. The maximum atomic E-state index is 14.1. The van der Waals surface area contributed by atoms with Crippen LogP contribution in [0.3, 0.4) is 0 Å². The Hall–Kier alpha value is -5.00. The van der Waals surface area contributed by atoms with Crippen molar-refractivity contribution in [2.24, 2.45) is 17.6 Å². The number of aliphatic hydroxyl groups excluding tert-OH is 2. The minimum absolute atomic E-state index is 0.0415. The van der Waals surface area contributed by atoms with Crippen molar-refractivity contribution >= 4 is 40.0 Å². The maximum absolute atomic E-state index is 14.1. The first-order valence-corrected chi connectivity index (χ1v) is 13.6. The lowest BCUT2D eigenvalue weighted by atomic mass is 9.57. The van der Waals surface area contributed by atoms with Gasteiger partial charge < -0.3 is 31.3 Å². The molecule has 0 saturated heterocycles. The quantitative estimate of drug-likeness (QED) is 0.248. The molecule has 3 aromatic rings. The highest BCUT2D eigenvalue weighted by molar-refractivity contribution is 6.24. The minimum Gasteiger partial charge on any atom is -0.508 e. The van der Waals surface area contributed by atoms with E-state index in [-0.39, 0.29) is 35.3 Å². The highest BCUT2D eigenvalue weighted by Gasteiger charge is 2.64. The molecule has 3 aromatic carbocycles. The van der Waals surface area contributed by atoms with E-state index in [2.05, 4.69) is 0 Å². The van der Waals surface area contributed by atoms with Gasteiger partial charge in [-0.1, -0.05) is 36.4 Å². The molecule has 0 unspecified atom stereocenters. The zero-order chi connectivity index (χ0) is 31.1. The zero-order valence-electron chi connectivity index (χ0n) is 23.2. The number of nitrogens with zero attached hydrogens (tertiary/aromatic N) is 1. The van der Waals surface area contributed by atoms with E-state index in [0.717, 1.165) is 0 Å². The molecular formula is C32H28N2O9. The summed E-state index contributed by atoms with van der Waals surface area (Å²) in [5, 5.41) is 56.1. The van der Waals surface area contributed by atoms with Gasteiger partial charge in [-0.15, -0.1) is 0 Å². The van der Waals surface area contributed by atoms with Crippen LogP contribution in [-0.4, -0.2) is 79.6 Å². The van der Waals surface area contributed by atoms with Crippen molar-refractivity contribution in [2.45, 2.75) is 24.5 Å². The van der Waals surface area contributed by atoms with Gasteiger partial charge in [0.25, 0.3) is 5.91 Å². The average molecular weight is 585 g/mol. The number of likely N-dealkylation sites (N-methyl/N-ethyl adjacent to an activating group) is 1. The molecule has 0 bridgehead atoms. The predicted octanol–water partition coefficient (Wildman–Crippen LogP) is 2.48. The lowest BCUT2D eigenvalue weighted by molar-refractivity contribution is -0.153. The number of rotatable bonds is 4. The number of aliphatic hydroxyl groups is 3. The number of nitrogens with two attached hydrogens (primary N) is 1. The first-order chi connectivity index (χ1) is 20.3. The fraction of sp³-hybridized carbons (Fsp3) is 0.250. The van der Waals surface area contributed by atoms with Crippen LogP contribution < -0.4 is 5.73 Å². The Labute approximate surface area is 244 Å². The molecule has 11 nitrogen and oxygen atoms in total. The third-order valence-electron chi connectivity index (χ3n) is 9.05. The molecule has 6 rings (SSSR count). The second-order valence-corrected chi connectivity index (χ2v) is 11.5. The van der Waals surface area contributed by atoms with Gasteiger partial charge in [-0.2, -0.15) is 0 Å². The van der Waals surface area contributed by atoms with Crippen LogP contribution >= 0.6 is 0 Å². The molecule has 7 N–H and O–H groups in total. The summed E-state index contributed by atoms with van der Waals surface area (Å²) in [6.45, 7) is 0. The Morgan fingerprint density at radius 2 is 1.60 bits per heavy atom. The van der Waals surface area contributed by atoms with Crippen molar-refractivity contribution in [2.75, 3.05) is 14.1 Å². The number of carbonyl (C=O) groups is 4. The molecule has 0 aromatic heterocycles. The van der Waals surface area contributed by atoms with Gasteiger partial charge in [-0.25, -0.2) is 4.79 Å². The summed E-state index contributed by atoms with van der Waals surface area (Å²) in [7, 11) is 3.07. The fourth-order valence-electron chi connectivity index (χ4n) is 7.22. The molecule has 43 heavy (non-hydrogen) atoms. The van der Waals surface area contributed by atoms with Crippen LogP contribution in [0.4, 0.5) is 0 Å². The molecule has 0 aliphatic heterocycles. The number of phenolic OH excluding ortho intramolecular Hbond substituents is 1. The number of amides is 1. The number of fused-ring (bicyclic) bond motifs is 4. The number of ketones is 2.